The van der Waals surface area contributed by atoms with E-state index in [1.54, 1.807) is 12.1 Å². The number of nitrogens with zero attached hydrogens (tertiary/aromatic N) is 2. The zero-order valence-corrected chi connectivity index (χ0v) is 13.2. The van der Waals surface area contributed by atoms with Gasteiger partial charge in [-0.25, -0.2) is 10.9 Å². The number of benzene rings is 1. The van der Waals surface area contributed by atoms with E-state index >= 15 is 0 Å². The van der Waals surface area contributed by atoms with Crippen LogP contribution in [0.2, 0.25) is 0 Å². The molecule has 0 saturated carbocycles. The Bertz CT molecular complexity index is 491. The first kappa shape index (κ1) is 18.1. The second kappa shape index (κ2) is 9.89. The van der Waals surface area contributed by atoms with E-state index in [4.69, 9.17) is 5.84 Å². The second-order valence-corrected chi connectivity index (χ2v) is 5.38. The lowest BCUT2D eigenvalue weighted by Gasteiger charge is -2.16. The summed E-state index contributed by atoms with van der Waals surface area (Å²) >= 11 is 0. The summed E-state index contributed by atoms with van der Waals surface area (Å²) < 4.78 is 0. The molecule has 22 heavy (non-hydrogen) atoms. The number of anilines is 1. The second-order valence-electron chi connectivity index (χ2n) is 5.38. The smallest absolute Gasteiger partial charge is 0.273 e. The van der Waals surface area contributed by atoms with Crippen LogP contribution in [0.5, 0.6) is 0 Å². The normalized spacial score (nSPS) is 10.5. The Morgan fingerprint density at radius 3 is 2.36 bits per heavy atom. The molecule has 0 heterocycles. The van der Waals surface area contributed by atoms with E-state index in [0.717, 1.165) is 24.3 Å². The van der Waals surface area contributed by atoms with E-state index in [-0.39, 0.29) is 17.3 Å². The number of hydrogen-bond acceptors (Lipinski definition) is 4. The lowest BCUT2D eigenvalue weighted by Crippen LogP contribution is -2.37. The van der Waals surface area contributed by atoms with Crippen molar-refractivity contribution in [1.82, 2.24) is 0 Å². The lowest BCUT2D eigenvalue weighted by molar-refractivity contribution is -0.384. The minimum absolute atomic E-state index is 0.139. The summed E-state index contributed by atoms with van der Waals surface area (Å²) in [5.41, 5.74) is -0.0154. The average Bonchev–Trinajstić information content (AvgIpc) is 2.53. The molecular weight excluding hydrogens is 282 g/mol. The van der Waals surface area contributed by atoms with Crippen LogP contribution in [-0.2, 0) is 4.79 Å². The van der Waals surface area contributed by atoms with Crippen molar-refractivity contribution in [2.45, 2.75) is 58.3 Å². The molecule has 0 aliphatic heterocycles. The van der Waals surface area contributed by atoms with Gasteiger partial charge < -0.3 is 0 Å². The van der Waals surface area contributed by atoms with Crippen molar-refractivity contribution in [3.63, 3.8) is 0 Å². The summed E-state index contributed by atoms with van der Waals surface area (Å²) in [5.74, 6) is 5.45. The van der Waals surface area contributed by atoms with Crippen LogP contribution in [-0.4, -0.2) is 10.8 Å². The van der Waals surface area contributed by atoms with Gasteiger partial charge in [-0.2, -0.15) is 0 Å². The van der Waals surface area contributed by atoms with Crippen LogP contribution in [0.1, 0.15) is 58.3 Å². The van der Waals surface area contributed by atoms with Crippen molar-refractivity contribution in [3.8, 4) is 0 Å². The van der Waals surface area contributed by atoms with E-state index in [1.807, 2.05) is 0 Å². The number of nitro groups is 1. The first-order valence-corrected chi connectivity index (χ1v) is 7.89. The van der Waals surface area contributed by atoms with Crippen molar-refractivity contribution >= 4 is 17.3 Å². The molecule has 0 fully saturated rings. The van der Waals surface area contributed by atoms with Gasteiger partial charge in [-0.3, -0.25) is 14.9 Å². The Morgan fingerprint density at radius 1 is 1.14 bits per heavy atom. The molecule has 0 bridgehead atoms. The maximum Gasteiger partial charge on any atom is 0.294 e. The number of para-hydroxylation sites is 2. The van der Waals surface area contributed by atoms with E-state index < -0.39 is 4.92 Å². The number of rotatable bonds is 10. The van der Waals surface area contributed by atoms with Crippen LogP contribution >= 0.6 is 0 Å². The number of nitrogens with two attached hydrogens (primary N) is 1. The molecule has 6 nitrogen and oxygen atoms in total. The van der Waals surface area contributed by atoms with E-state index in [2.05, 4.69) is 6.92 Å². The van der Waals surface area contributed by atoms with Gasteiger partial charge in [-0.1, -0.05) is 57.6 Å². The Hall–Kier alpha value is -1.95. The Balaban J connectivity index is 2.41. The third kappa shape index (κ3) is 5.81. The number of nitro benzene ring substituents is 1. The van der Waals surface area contributed by atoms with Crippen LogP contribution in [0.3, 0.4) is 0 Å². The summed E-state index contributed by atoms with van der Waals surface area (Å²) in [5, 5.41) is 11.8. The van der Waals surface area contributed by atoms with Gasteiger partial charge in [0, 0.05) is 12.5 Å². The molecule has 0 unspecified atom stereocenters. The summed E-state index contributed by atoms with van der Waals surface area (Å²) in [6.07, 6.45) is 8.09. The van der Waals surface area contributed by atoms with Crippen molar-refractivity contribution in [1.29, 1.82) is 0 Å². The molecule has 1 amide bonds. The summed E-state index contributed by atoms with van der Waals surface area (Å²) in [7, 11) is 0. The highest BCUT2D eigenvalue weighted by atomic mass is 16.6. The lowest BCUT2D eigenvalue weighted by atomic mass is 10.1. The fraction of sp³-hybridized carbons (Fsp3) is 0.562. The number of amides is 1. The first-order chi connectivity index (χ1) is 10.6. The Morgan fingerprint density at radius 2 is 1.73 bits per heavy atom. The summed E-state index contributed by atoms with van der Waals surface area (Å²) in [4.78, 5) is 22.4. The van der Waals surface area contributed by atoms with Crippen LogP contribution in [0.25, 0.3) is 0 Å². The summed E-state index contributed by atoms with van der Waals surface area (Å²) in [6, 6.07) is 6.01. The largest absolute Gasteiger partial charge is 0.294 e. The molecule has 0 atom stereocenters. The molecule has 0 saturated heterocycles. The van der Waals surface area contributed by atoms with Crippen LogP contribution in [0.15, 0.2) is 24.3 Å². The van der Waals surface area contributed by atoms with Gasteiger partial charge >= 0.3 is 0 Å². The van der Waals surface area contributed by atoms with Gasteiger partial charge in [0.05, 0.1) is 4.92 Å². The molecule has 1 rings (SSSR count). The summed E-state index contributed by atoms with van der Waals surface area (Å²) in [6.45, 7) is 2.18. The SMILES string of the molecule is CCCCCCCCCC(=O)N(N)c1ccccc1[N+](=O)[O-]. The van der Waals surface area contributed by atoms with E-state index in [9.17, 15) is 14.9 Å². The first-order valence-electron chi connectivity index (χ1n) is 7.89. The van der Waals surface area contributed by atoms with E-state index in [0.29, 0.717) is 6.42 Å². The van der Waals surface area contributed by atoms with Gasteiger partial charge in [-0.05, 0) is 12.5 Å². The molecular formula is C16H25N3O3. The fourth-order valence-electron chi connectivity index (χ4n) is 2.31. The standard InChI is InChI=1S/C16H25N3O3/c1-2-3-4-5-6-7-8-13-16(20)18(17)14-11-9-10-12-15(14)19(21)22/h9-12H,2-8,13,17H2,1H3. The van der Waals surface area contributed by atoms with Gasteiger partial charge in [0.15, 0.2) is 0 Å². The molecule has 0 aromatic heterocycles. The number of hydrazine groups is 1. The van der Waals surface area contributed by atoms with Gasteiger partial charge in [0.25, 0.3) is 5.69 Å². The predicted octanol–water partition coefficient (Wildman–Crippen LogP) is 3.94. The number of carbonyl (C=O) groups excluding carboxylic acids is 1. The monoisotopic (exact) mass is 307 g/mol. The van der Waals surface area contributed by atoms with E-state index in [1.165, 1.54) is 37.8 Å². The Labute approximate surface area is 131 Å². The van der Waals surface area contributed by atoms with Gasteiger partial charge in [-0.15, -0.1) is 0 Å². The molecule has 2 N–H and O–H groups in total. The molecule has 0 radical (unpaired) electrons. The highest BCUT2D eigenvalue weighted by Gasteiger charge is 2.20. The van der Waals surface area contributed by atoms with Crippen molar-refractivity contribution in [2.75, 3.05) is 5.01 Å². The van der Waals surface area contributed by atoms with Gasteiger partial charge in [0.1, 0.15) is 5.69 Å². The van der Waals surface area contributed by atoms with Crippen LogP contribution < -0.4 is 10.9 Å². The molecule has 0 aliphatic carbocycles. The topological polar surface area (TPSA) is 89.5 Å². The molecule has 0 spiro atoms. The van der Waals surface area contributed by atoms with Crippen molar-refractivity contribution < 1.29 is 9.72 Å². The van der Waals surface area contributed by atoms with Crippen molar-refractivity contribution in [2.24, 2.45) is 5.84 Å². The third-order valence-corrected chi connectivity index (χ3v) is 3.60. The quantitative estimate of drug-likeness (QED) is 0.233. The fourth-order valence-corrected chi connectivity index (χ4v) is 2.31. The average molecular weight is 307 g/mol. The van der Waals surface area contributed by atoms with Crippen molar-refractivity contribution in [3.05, 3.63) is 34.4 Å². The number of unbranched alkanes of at least 4 members (excludes halogenated alkanes) is 6. The molecule has 6 heteroatoms. The maximum absolute atomic E-state index is 12.0. The highest BCUT2D eigenvalue weighted by Crippen LogP contribution is 2.26. The number of carbonyl (C=O) groups is 1. The molecule has 122 valence electrons. The minimum atomic E-state index is -0.532. The number of hydrogen-bond donors (Lipinski definition) is 1. The molecule has 1 aromatic rings. The zero-order chi connectivity index (χ0) is 16.4. The maximum atomic E-state index is 12.0. The molecule has 1 aromatic carbocycles. The van der Waals surface area contributed by atoms with Crippen LogP contribution in [0.4, 0.5) is 11.4 Å². The predicted molar refractivity (Wildman–Crippen MR) is 87.4 cm³/mol. The zero-order valence-electron chi connectivity index (χ0n) is 13.2. The minimum Gasteiger partial charge on any atom is -0.273 e. The Kier molecular flexibility index (Phi) is 8.14. The highest BCUT2D eigenvalue weighted by molar-refractivity contribution is 5.94. The van der Waals surface area contributed by atoms with Gasteiger partial charge in [0.2, 0.25) is 5.91 Å². The molecule has 0 aliphatic rings. The van der Waals surface area contributed by atoms with Crippen LogP contribution in [0, 0.1) is 10.1 Å². The third-order valence-electron chi connectivity index (χ3n) is 3.60.